The summed E-state index contributed by atoms with van der Waals surface area (Å²) in [5.74, 6) is 0. The molecule has 0 fully saturated rings. The van der Waals surface area contributed by atoms with Crippen LogP contribution in [0, 0.1) is 0 Å². The lowest BCUT2D eigenvalue weighted by Gasteiger charge is -2.50. The van der Waals surface area contributed by atoms with Gasteiger partial charge in [-0.1, -0.05) is 383 Å². The fraction of sp³-hybridized carbons (Fsp3) is 1.00. The Hall–Kier alpha value is 9.42. The van der Waals surface area contributed by atoms with E-state index >= 15 is 0 Å². The van der Waals surface area contributed by atoms with Gasteiger partial charge < -0.3 is 0 Å². The van der Waals surface area contributed by atoms with Crippen LogP contribution in [0.5, 0.6) is 0 Å². The van der Waals surface area contributed by atoms with E-state index in [1.165, 1.54) is 0 Å². The molecule has 0 N–H and O–H groups in total. The molecule has 0 aromatic rings. The van der Waals surface area contributed by atoms with Crippen LogP contribution in [-0.4, -0.2) is 90.5 Å². The second kappa shape index (κ2) is 19.6. The lowest BCUT2D eigenvalue weighted by atomic mass is 10.2. The van der Waals surface area contributed by atoms with E-state index in [4.69, 9.17) is 383 Å². The van der Waals surface area contributed by atoms with Gasteiger partial charge in [0.2, 0.25) is 66.9 Å². The normalized spacial score (nSPS) is 17.3. The molecule has 0 amide bonds. The first kappa shape index (κ1) is 67.4. The summed E-state index contributed by atoms with van der Waals surface area (Å²) >= 11 is 198. The van der Waals surface area contributed by atoms with Gasteiger partial charge in [0.25, 0.3) is 14.9 Å². The number of halogens is 33. The molecule has 0 atom stereocenters. The predicted octanol–water partition coefficient (Wildman–Crippen LogP) is 17.6. The van der Waals surface area contributed by atoms with E-state index in [0.717, 1.165) is 0 Å². The Morgan fingerprint density at radius 1 is 0.207 bits per heavy atom. The lowest BCUT2D eigenvalue weighted by Crippen LogP contribution is -2.70. The van der Waals surface area contributed by atoms with Crippen molar-refractivity contribution in [3.63, 3.8) is 0 Å². The zero-order chi connectivity index (χ0) is 48.6. The maximum Gasteiger partial charge on any atom is 0.272 e. The van der Waals surface area contributed by atoms with E-state index in [1.807, 2.05) is 0 Å². The van der Waals surface area contributed by atoms with E-state index in [1.54, 1.807) is 0 Å². The largest absolute Gasteiger partial charge is 0.272 e. The number of alkyl halides is 33. The molecular formula is C16HCl33O6S3. The Labute approximate surface area is 494 Å². The Morgan fingerprint density at radius 2 is 0.328 bits per heavy atom. The summed E-state index contributed by atoms with van der Waals surface area (Å²) in [5.41, 5.74) is 0. The van der Waals surface area contributed by atoms with Crippen molar-refractivity contribution in [2.75, 3.05) is 0 Å². The fourth-order valence-corrected chi connectivity index (χ4v) is 25.3. The average Bonchev–Trinajstić information content (AvgIpc) is 2.93. The predicted molar refractivity (Wildman–Crippen MR) is 265 cm³/mol. The molecule has 0 heterocycles. The monoisotopic (exact) mass is 1540 g/mol. The van der Waals surface area contributed by atoms with Crippen LogP contribution in [-0.2, 0) is 29.5 Å². The van der Waals surface area contributed by atoms with Gasteiger partial charge in [-0.2, -0.15) is 0 Å². The summed E-state index contributed by atoms with van der Waals surface area (Å²) in [5, 5.41) is 0. The summed E-state index contributed by atoms with van der Waals surface area (Å²) < 4.78 is 24.9. The Morgan fingerprint density at radius 3 is 0.431 bits per heavy atom. The van der Waals surface area contributed by atoms with Gasteiger partial charge in [-0.05, 0) is 0 Å². The van der Waals surface area contributed by atoms with Crippen molar-refractivity contribution in [3.05, 3.63) is 0 Å². The highest BCUT2D eigenvalue weighted by atomic mass is 35.6. The van der Waals surface area contributed by atoms with Crippen molar-refractivity contribution in [3.8, 4) is 0 Å². The van der Waals surface area contributed by atoms with Crippen LogP contribution < -0.4 is 0 Å². The molecule has 58 heavy (non-hydrogen) atoms. The molecule has 0 spiro atoms. The molecule has 0 aliphatic carbocycles. The van der Waals surface area contributed by atoms with Crippen molar-refractivity contribution < 1.29 is 25.3 Å². The highest BCUT2D eigenvalue weighted by Gasteiger charge is 2.85. The molecule has 0 aliphatic rings. The van der Waals surface area contributed by atoms with Gasteiger partial charge in [0.1, 0.15) is 0 Å². The van der Waals surface area contributed by atoms with Crippen LogP contribution in [0.4, 0.5) is 0 Å². The Balaban J connectivity index is 9.26. The van der Waals surface area contributed by atoms with Crippen molar-refractivity contribution >= 4 is 412 Å². The molecule has 0 saturated heterocycles. The number of rotatable bonds is 15. The van der Waals surface area contributed by atoms with Gasteiger partial charge in [0.15, 0.2) is 13.0 Å². The van der Waals surface area contributed by atoms with Crippen molar-refractivity contribution in [1.82, 2.24) is 0 Å². The van der Waals surface area contributed by atoms with Gasteiger partial charge in [-0.25, -0.2) is 25.3 Å². The van der Waals surface area contributed by atoms with E-state index < -0.39 is 94.8 Å². The third-order valence-electron chi connectivity index (χ3n) is 6.36. The van der Waals surface area contributed by atoms with Crippen molar-refractivity contribution in [2.24, 2.45) is 0 Å². The standard InChI is InChI=1S/C16HCl33O6S3/c17-2(18,5(23,24)11(35,36)37)8(29,30)14(44,45)56(50,51)1(57(52,53)15(46,47)9(31,32)3(19,20)6(25,26)12(38,39)40)58(54,55)16(48,49)10(33,34)4(21,22)7(27,28)13(41,42)43/h1H. The van der Waals surface area contributed by atoms with Crippen LogP contribution in [0.2, 0.25) is 0 Å². The number of hydrogen-bond acceptors (Lipinski definition) is 6. The van der Waals surface area contributed by atoms with Gasteiger partial charge in [0.05, 0.1) is 0 Å². The molecule has 42 heteroatoms. The van der Waals surface area contributed by atoms with Gasteiger partial charge in [-0.3, -0.25) is 0 Å². The first-order valence-electron chi connectivity index (χ1n) is 11.6. The minimum atomic E-state index is -7.33. The molecule has 0 saturated carbocycles. The minimum Gasteiger partial charge on any atom is -0.223 e. The molecular weight excluding hydrogens is 1550 g/mol. The van der Waals surface area contributed by atoms with Crippen LogP contribution in [0.1, 0.15) is 0 Å². The van der Waals surface area contributed by atoms with Gasteiger partial charge in [0, 0.05) is 0 Å². The summed E-state index contributed by atoms with van der Waals surface area (Å²) in [4.78, 5) is 0. The second-order valence-electron chi connectivity index (χ2n) is 10.1. The summed E-state index contributed by atoms with van der Waals surface area (Å²) in [6, 6.07) is 0. The quantitative estimate of drug-likeness (QED) is 0.151. The second-order valence-corrected chi connectivity index (χ2v) is 41.7. The van der Waals surface area contributed by atoms with E-state index in [9.17, 15) is 25.3 Å². The fourth-order valence-electron chi connectivity index (χ4n) is 3.07. The Bertz CT molecular complexity index is 1680. The average molecular weight is 1560 g/mol. The first-order chi connectivity index (χ1) is 24.1. The summed E-state index contributed by atoms with van der Waals surface area (Å²) in [7, 11) is -22.0. The summed E-state index contributed by atoms with van der Waals surface area (Å²) in [6.45, 7) is 0. The Kier molecular flexibility index (Phi) is 22.8. The highest BCUT2D eigenvalue weighted by Crippen LogP contribution is 2.72. The number of hydrogen-bond donors (Lipinski definition) is 0. The van der Waals surface area contributed by atoms with Gasteiger partial charge in [-0.15, -0.1) is 0 Å². The molecule has 0 aromatic heterocycles. The molecule has 0 rings (SSSR count). The van der Waals surface area contributed by atoms with Gasteiger partial charge >= 0.3 is 0 Å². The zero-order valence-corrected chi connectivity index (χ0v) is 51.6. The van der Waals surface area contributed by atoms with Crippen LogP contribution >= 0.6 is 383 Å². The van der Waals surface area contributed by atoms with Crippen molar-refractivity contribution in [2.45, 2.75) is 65.3 Å². The SMILES string of the molecule is O=S(=O)(C(S(=O)(=O)C(Cl)(Cl)C(Cl)(Cl)C(Cl)(Cl)C(Cl)(Cl)C(Cl)(Cl)Cl)S(=O)(=O)C(Cl)(Cl)C(Cl)(Cl)C(Cl)(Cl)C(Cl)(Cl)C(Cl)(Cl)Cl)C(Cl)(Cl)C(Cl)(Cl)C(Cl)(Cl)C(Cl)(Cl)C(Cl)(Cl)Cl. The molecule has 0 bridgehead atoms. The third kappa shape index (κ3) is 10.3. The van der Waals surface area contributed by atoms with Crippen LogP contribution in [0.25, 0.3) is 0 Å². The smallest absolute Gasteiger partial charge is 0.223 e. The van der Waals surface area contributed by atoms with E-state index in [0.29, 0.717) is 0 Å². The van der Waals surface area contributed by atoms with Crippen LogP contribution in [0.15, 0.2) is 0 Å². The highest BCUT2D eigenvalue weighted by molar-refractivity contribution is 8.27. The molecule has 0 unspecified atom stereocenters. The number of sulfone groups is 3. The lowest BCUT2D eigenvalue weighted by molar-refractivity contribution is 0.527. The minimum absolute atomic E-state index is 3.22. The van der Waals surface area contributed by atoms with Crippen molar-refractivity contribution in [1.29, 1.82) is 0 Å². The third-order valence-corrected chi connectivity index (χ3v) is 39.7. The van der Waals surface area contributed by atoms with E-state index in [-0.39, 0.29) is 0 Å². The van der Waals surface area contributed by atoms with E-state index in [2.05, 4.69) is 0 Å². The van der Waals surface area contributed by atoms with Crippen LogP contribution in [0.3, 0.4) is 0 Å². The molecule has 6 nitrogen and oxygen atoms in total. The topological polar surface area (TPSA) is 102 Å². The summed E-state index contributed by atoms with van der Waals surface area (Å²) in [6.07, 6.45) is 0. The molecule has 0 aliphatic heterocycles. The maximum atomic E-state index is 14.8. The molecule has 350 valence electrons. The molecule has 0 radical (unpaired) electrons. The molecule has 0 aromatic carbocycles. The first-order valence-corrected chi connectivity index (χ1v) is 28.7. The zero-order valence-electron chi connectivity index (χ0n) is 24.2. The maximum absolute atomic E-state index is 14.8.